The number of aromatic nitrogens is 1. The lowest BCUT2D eigenvalue weighted by molar-refractivity contribution is 0.0693. The number of nitrogens with zero attached hydrogens (tertiary/aromatic N) is 2. The van der Waals surface area contributed by atoms with Gasteiger partial charge in [-0.1, -0.05) is 6.07 Å². The number of carbonyl (C=O) groups is 1. The van der Waals surface area contributed by atoms with Crippen LogP contribution in [0.5, 0.6) is 5.75 Å². The highest BCUT2D eigenvalue weighted by atomic mass is 16.5. The molecule has 1 aromatic heterocycles. The highest BCUT2D eigenvalue weighted by molar-refractivity contribution is 5.91. The van der Waals surface area contributed by atoms with Crippen LogP contribution in [-0.4, -0.2) is 52.4 Å². The fourth-order valence-corrected chi connectivity index (χ4v) is 3.37. The van der Waals surface area contributed by atoms with E-state index in [1.165, 1.54) is 12.7 Å². The molecule has 1 aromatic carbocycles. The second-order valence-corrected chi connectivity index (χ2v) is 6.42. The second-order valence-electron chi connectivity index (χ2n) is 6.42. The van der Waals surface area contributed by atoms with Crippen LogP contribution in [0.4, 0.5) is 0 Å². The molecule has 1 fully saturated rings. The van der Waals surface area contributed by atoms with Crippen LogP contribution in [0.25, 0.3) is 0 Å². The van der Waals surface area contributed by atoms with E-state index in [1.807, 2.05) is 18.2 Å². The summed E-state index contributed by atoms with van der Waals surface area (Å²) in [5.41, 5.74) is 2.22. The third-order valence-corrected chi connectivity index (χ3v) is 4.63. The topological polar surface area (TPSA) is 82.9 Å². The third-order valence-electron chi connectivity index (χ3n) is 4.63. The van der Waals surface area contributed by atoms with Crippen molar-refractivity contribution in [2.24, 2.45) is 5.92 Å². The monoisotopic (exact) mass is 342 g/mol. The number of aliphatic hydroxyl groups excluding tert-OH is 1. The van der Waals surface area contributed by atoms with E-state index >= 15 is 0 Å². The number of likely N-dealkylation sites (tertiary alicyclic amines) is 1. The number of carboxylic acids is 1. The Bertz CT molecular complexity index is 735. The zero-order valence-corrected chi connectivity index (χ0v) is 14.1. The predicted molar refractivity (Wildman–Crippen MR) is 92.7 cm³/mol. The van der Waals surface area contributed by atoms with Crippen molar-refractivity contribution in [3.8, 4) is 5.75 Å². The summed E-state index contributed by atoms with van der Waals surface area (Å²) in [6.07, 6.45) is 3.95. The molecule has 0 radical (unpaired) electrons. The second kappa shape index (κ2) is 7.63. The van der Waals surface area contributed by atoms with Crippen LogP contribution in [0.3, 0.4) is 0 Å². The number of aliphatic hydroxyl groups is 1. The average molecular weight is 342 g/mol. The van der Waals surface area contributed by atoms with Crippen LogP contribution in [0.15, 0.2) is 42.7 Å². The Morgan fingerprint density at radius 1 is 1.24 bits per heavy atom. The summed E-state index contributed by atoms with van der Waals surface area (Å²) >= 11 is 0. The van der Waals surface area contributed by atoms with Gasteiger partial charge in [0.15, 0.2) is 0 Å². The zero-order valence-electron chi connectivity index (χ0n) is 14.1. The van der Waals surface area contributed by atoms with E-state index in [9.17, 15) is 15.0 Å². The highest BCUT2D eigenvalue weighted by Gasteiger charge is 2.31. The van der Waals surface area contributed by atoms with E-state index in [2.05, 4.69) is 9.88 Å². The summed E-state index contributed by atoms with van der Waals surface area (Å²) in [7, 11) is 1.46. The van der Waals surface area contributed by atoms with Crippen molar-refractivity contribution in [3.05, 3.63) is 59.4 Å². The van der Waals surface area contributed by atoms with Gasteiger partial charge in [-0.05, 0) is 41.8 Å². The standard InChI is InChI=1S/C19H22N2O4/c1-25-18-3-2-14(9-16(18)19(23)24)10-21-11-15(17(22)12-21)8-13-4-6-20-7-5-13/h2-7,9,15,17,22H,8,10-12H2,1H3,(H,23,24)/t15-,17+/m1/s1. The number of pyridine rings is 1. The van der Waals surface area contributed by atoms with Crippen molar-refractivity contribution < 1.29 is 19.7 Å². The summed E-state index contributed by atoms with van der Waals surface area (Å²) in [4.78, 5) is 17.5. The van der Waals surface area contributed by atoms with Gasteiger partial charge >= 0.3 is 5.97 Å². The summed E-state index contributed by atoms with van der Waals surface area (Å²) in [5, 5.41) is 19.6. The predicted octanol–water partition coefficient (Wildman–Crippen LogP) is 1.82. The Labute approximate surface area is 146 Å². The molecule has 0 bridgehead atoms. The number of benzene rings is 1. The number of aromatic carboxylic acids is 1. The zero-order chi connectivity index (χ0) is 17.8. The molecule has 0 saturated carbocycles. The van der Waals surface area contributed by atoms with Gasteiger partial charge in [-0.3, -0.25) is 9.88 Å². The van der Waals surface area contributed by atoms with E-state index in [0.29, 0.717) is 18.8 Å². The van der Waals surface area contributed by atoms with Crippen LogP contribution in [-0.2, 0) is 13.0 Å². The van der Waals surface area contributed by atoms with E-state index in [1.54, 1.807) is 24.5 Å². The summed E-state index contributed by atoms with van der Waals surface area (Å²) in [5.74, 6) is -0.483. The molecule has 1 aliphatic heterocycles. The Morgan fingerprint density at radius 2 is 2.00 bits per heavy atom. The molecule has 2 atom stereocenters. The first-order valence-corrected chi connectivity index (χ1v) is 8.26. The van der Waals surface area contributed by atoms with Crippen LogP contribution in [0.2, 0.25) is 0 Å². The lowest BCUT2D eigenvalue weighted by Gasteiger charge is -2.16. The van der Waals surface area contributed by atoms with Gasteiger partial charge in [0.2, 0.25) is 0 Å². The van der Waals surface area contributed by atoms with Gasteiger partial charge in [0.05, 0.1) is 13.2 Å². The quantitative estimate of drug-likeness (QED) is 0.833. The maximum atomic E-state index is 11.3. The Kier molecular flexibility index (Phi) is 5.31. The number of rotatable bonds is 6. The van der Waals surface area contributed by atoms with Crippen LogP contribution in [0.1, 0.15) is 21.5 Å². The summed E-state index contributed by atoms with van der Waals surface area (Å²) < 4.78 is 5.09. The van der Waals surface area contributed by atoms with Gasteiger partial charge in [0, 0.05) is 37.9 Å². The van der Waals surface area contributed by atoms with Crippen molar-refractivity contribution in [1.82, 2.24) is 9.88 Å². The number of hydrogen-bond acceptors (Lipinski definition) is 5. The molecular weight excluding hydrogens is 320 g/mol. The SMILES string of the molecule is COc1ccc(CN2C[C@@H](Cc3ccncc3)[C@@H](O)C2)cc1C(=O)O. The van der Waals surface area contributed by atoms with Crippen molar-refractivity contribution in [3.63, 3.8) is 0 Å². The Hall–Kier alpha value is -2.44. The molecule has 3 rings (SSSR count). The largest absolute Gasteiger partial charge is 0.496 e. The molecule has 0 spiro atoms. The van der Waals surface area contributed by atoms with Gasteiger partial charge in [0.1, 0.15) is 11.3 Å². The summed E-state index contributed by atoms with van der Waals surface area (Å²) in [6, 6.07) is 9.13. The molecule has 0 amide bonds. The van der Waals surface area contributed by atoms with E-state index in [-0.39, 0.29) is 17.6 Å². The number of ether oxygens (including phenoxy) is 1. The molecule has 0 unspecified atom stereocenters. The van der Waals surface area contributed by atoms with Crippen LogP contribution in [0, 0.1) is 5.92 Å². The minimum atomic E-state index is -1.00. The van der Waals surface area contributed by atoms with Gasteiger partial charge in [-0.2, -0.15) is 0 Å². The van der Waals surface area contributed by atoms with Gasteiger partial charge in [0.25, 0.3) is 0 Å². The lowest BCUT2D eigenvalue weighted by atomic mass is 9.97. The maximum absolute atomic E-state index is 11.3. The van der Waals surface area contributed by atoms with E-state index in [4.69, 9.17) is 4.74 Å². The van der Waals surface area contributed by atoms with E-state index < -0.39 is 5.97 Å². The fourth-order valence-electron chi connectivity index (χ4n) is 3.37. The maximum Gasteiger partial charge on any atom is 0.339 e. The first kappa shape index (κ1) is 17.4. The van der Waals surface area contributed by atoms with Crippen LogP contribution < -0.4 is 4.74 Å². The molecular formula is C19H22N2O4. The molecule has 2 aromatic rings. The van der Waals surface area contributed by atoms with E-state index in [0.717, 1.165) is 18.5 Å². The van der Waals surface area contributed by atoms with Crippen molar-refractivity contribution >= 4 is 5.97 Å². The normalized spacial score (nSPS) is 20.6. The van der Waals surface area contributed by atoms with Crippen molar-refractivity contribution in [1.29, 1.82) is 0 Å². The number of methoxy groups -OCH3 is 1. The minimum Gasteiger partial charge on any atom is -0.496 e. The molecule has 1 saturated heterocycles. The van der Waals surface area contributed by atoms with Crippen molar-refractivity contribution in [2.45, 2.75) is 19.1 Å². The molecule has 6 nitrogen and oxygen atoms in total. The molecule has 2 N–H and O–H groups in total. The van der Waals surface area contributed by atoms with Gasteiger partial charge in [-0.25, -0.2) is 4.79 Å². The first-order chi connectivity index (χ1) is 12.1. The summed E-state index contributed by atoms with van der Waals surface area (Å²) in [6.45, 7) is 1.97. The first-order valence-electron chi connectivity index (χ1n) is 8.26. The van der Waals surface area contributed by atoms with Crippen LogP contribution >= 0.6 is 0 Å². The highest BCUT2D eigenvalue weighted by Crippen LogP contribution is 2.25. The molecule has 25 heavy (non-hydrogen) atoms. The molecule has 1 aliphatic rings. The smallest absolute Gasteiger partial charge is 0.339 e. The lowest BCUT2D eigenvalue weighted by Crippen LogP contribution is -2.21. The van der Waals surface area contributed by atoms with Gasteiger partial charge in [-0.15, -0.1) is 0 Å². The van der Waals surface area contributed by atoms with Gasteiger partial charge < -0.3 is 14.9 Å². The molecule has 2 heterocycles. The Balaban J connectivity index is 1.66. The molecule has 6 heteroatoms. The molecule has 0 aliphatic carbocycles. The third kappa shape index (κ3) is 4.15. The number of carboxylic acid groups (broad SMARTS) is 1. The fraction of sp³-hybridized carbons (Fsp3) is 0.368. The number of hydrogen-bond donors (Lipinski definition) is 2. The Morgan fingerprint density at radius 3 is 2.68 bits per heavy atom. The minimum absolute atomic E-state index is 0.160. The molecule has 132 valence electrons. The average Bonchev–Trinajstić information content (AvgIpc) is 2.94. The van der Waals surface area contributed by atoms with Crippen molar-refractivity contribution in [2.75, 3.05) is 20.2 Å². The number of β-amino-alcohol motifs (C(OH)–C–C–N with tert-alkyl or cyclic N) is 1.